The van der Waals surface area contributed by atoms with Gasteiger partial charge in [0.15, 0.2) is 0 Å². The Bertz CT molecular complexity index is 1180. The molecule has 3 aromatic rings. The van der Waals surface area contributed by atoms with Gasteiger partial charge in [0.25, 0.3) is 0 Å². The average molecular weight is 399 g/mol. The van der Waals surface area contributed by atoms with Crippen LogP contribution in [0.5, 0.6) is 0 Å². The molecule has 1 aromatic heterocycles. The van der Waals surface area contributed by atoms with E-state index in [1.165, 1.54) is 12.1 Å². The number of halogens is 1. The molecule has 2 aromatic carbocycles. The smallest absolute Gasteiger partial charge is 0.229 e. The summed E-state index contributed by atoms with van der Waals surface area (Å²) in [7, 11) is -3.39. The second-order valence-electron chi connectivity index (χ2n) is 7.00. The molecule has 0 spiro atoms. The summed E-state index contributed by atoms with van der Waals surface area (Å²) in [5.41, 5.74) is 2.87. The molecule has 1 N–H and O–H groups in total. The molecule has 0 fully saturated rings. The Balaban J connectivity index is 2.21. The van der Waals surface area contributed by atoms with E-state index in [0.29, 0.717) is 11.3 Å². The summed E-state index contributed by atoms with van der Waals surface area (Å²) in [5, 5.41) is 9.86. The van der Waals surface area contributed by atoms with E-state index in [-0.39, 0.29) is 11.6 Å². The molecule has 146 valence electrons. The van der Waals surface area contributed by atoms with Crippen molar-refractivity contribution in [3.05, 3.63) is 54.0 Å². The van der Waals surface area contributed by atoms with E-state index in [2.05, 4.69) is 23.1 Å². The van der Waals surface area contributed by atoms with Crippen LogP contribution in [0.2, 0.25) is 0 Å². The summed E-state index contributed by atoms with van der Waals surface area (Å²) < 4.78 is 42.0. The van der Waals surface area contributed by atoms with Gasteiger partial charge in [-0.05, 0) is 43.2 Å². The highest BCUT2D eigenvalue weighted by atomic mass is 32.2. The summed E-state index contributed by atoms with van der Waals surface area (Å²) in [6.45, 7) is 4.21. The number of nitrogens with zero attached hydrogens (tertiary/aromatic N) is 2. The Labute approximate surface area is 164 Å². The number of rotatable bonds is 6. The number of fused-ring (bicyclic) bond motifs is 1. The van der Waals surface area contributed by atoms with Crippen molar-refractivity contribution < 1.29 is 12.8 Å². The van der Waals surface area contributed by atoms with Crippen molar-refractivity contribution in [3.8, 4) is 17.2 Å². The van der Waals surface area contributed by atoms with Crippen LogP contribution in [0.25, 0.3) is 22.0 Å². The first-order chi connectivity index (χ1) is 13.2. The highest BCUT2D eigenvalue weighted by molar-refractivity contribution is 7.92. The van der Waals surface area contributed by atoms with E-state index in [0.717, 1.165) is 35.6 Å². The fourth-order valence-corrected chi connectivity index (χ4v) is 4.01. The molecule has 0 amide bonds. The minimum Gasteiger partial charge on any atom is -0.344 e. The van der Waals surface area contributed by atoms with Gasteiger partial charge in [0.05, 0.1) is 23.0 Å². The fourth-order valence-electron chi connectivity index (χ4n) is 3.45. The Morgan fingerprint density at radius 2 is 2.00 bits per heavy atom. The standard InChI is InChI=1S/C21H22FN3O2S/c1-4-5-14(2)25-13-19(15-6-7-16(12-23)20(22)10-15)18-9-8-17(11-21(18)25)24-28(3,26)27/h6-11,13-14,24H,4-5H2,1-3H3/t14-/m0/s1. The van der Waals surface area contributed by atoms with E-state index < -0.39 is 15.8 Å². The quantitative estimate of drug-likeness (QED) is 0.630. The molecule has 5 nitrogen and oxygen atoms in total. The zero-order valence-electron chi connectivity index (χ0n) is 16.0. The van der Waals surface area contributed by atoms with Crippen molar-refractivity contribution in [3.63, 3.8) is 0 Å². The van der Waals surface area contributed by atoms with E-state index >= 15 is 0 Å². The van der Waals surface area contributed by atoms with Crippen molar-refractivity contribution >= 4 is 26.6 Å². The monoisotopic (exact) mass is 399 g/mol. The third-order valence-corrected chi connectivity index (χ3v) is 5.33. The first-order valence-corrected chi connectivity index (χ1v) is 10.9. The second-order valence-corrected chi connectivity index (χ2v) is 8.75. The summed E-state index contributed by atoms with van der Waals surface area (Å²) in [6.07, 6.45) is 5.04. The van der Waals surface area contributed by atoms with Crippen LogP contribution >= 0.6 is 0 Å². The molecule has 1 atom stereocenters. The third kappa shape index (κ3) is 4.02. The zero-order valence-corrected chi connectivity index (χ0v) is 16.8. The van der Waals surface area contributed by atoms with Gasteiger partial charge in [-0.2, -0.15) is 5.26 Å². The molecule has 3 rings (SSSR count). The largest absolute Gasteiger partial charge is 0.344 e. The minimum atomic E-state index is -3.39. The number of anilines is 1. The number of hydrogen-bond donors (Lipinski definition) is 1. The SMILES string of the molecule is CCC[C@H](C)n1cc(-c2ccc(C#N)c(F)c2)c2ccc(NS(C)(=O)=O)cc21. The van der Waals surface area contributed by atoms with Crippen LogP contribution in [0.4, 0.5) is 10.1 Å². The van der Waals surface area contributed by atoms with Crippen molar-refractivity contribution in [1.82, 2.24) is 4.57 Å². The predicted octanol–water partition coefficient (Wildman–Crippen LogP) is 5.05. The van der Waals surface area contributed by atoms with Gasteiger partial charge in [-0.3, -0.25) is 4.72 Å². The minimum absolute atomic E-state index is 0.00600. The fraction of sp³-hybridized carbons (Fsp3) is 0.286. The molecule has 0 aliphatic rings. The lowest BCUT2D eigenvalue weighted by Gasteiger charge is -2.14. The van der Waals surface area contributed by atoms with Crippen LogP contribution in [0.15, 0.2) is 42.6 Å². The topological polar surface area (TPSA) is 74.9 Å². The normalized spacial score (nSPS) is 12.7. The summed E-state index contributed by atoms with van der Waals surface area (Å²) >= 11 is 0. The molecular weight excluding hydrogens is 377 g/mol. The van der Waals surface area contributed by atoms with E-state index in [1.807, 2.05) is 18.3 Å². The summed E-state index contributed by atoms with van der Waals surface area (Å²) in [6, 6.07) is 11.9. The number of nitrogens with one attached hydrogen (secondary N) is 1. The molecule has 0 radical (unpaired) electrons. The van der Waals surface area contributed by atoms with Gasteiger partial charge in [-0.1, -0.05) is 25.5 Å². The molecule has 7 heteroatoms. The maximum Gasteiger partial charge on any atom is 0.229 e. The van der Waals surface area contributed by atoms with E-state index in [1.54, 1.807) is 18.2 Å². The van der Waals surface area contributed by atoms with Crippen molar-refractivity contribution in [2.24, 2.45) is 0 Å². The molecule has 0 saturated heterocycles. The Morgan fingerprint density at radius 3 is 2.61 bits per heavy atom. The lowest BCUT2D eigenvalue weighted by molar-refractivity contribution is 0.515. The predicted molar refractivity (Wildman–Crippen MR) is 110 cm³/mol. The number of hydrogen-bond acceptors (Lipinski definition) is 3. The third-order valence-electron chi connectivity index (χ3n) is 4.72. The molecule has 0 saturated carbocycles. The van der Waals surface area contributed by atoms with Crippen LogP contribution in [-0.2, 0) is 10.0 Å². The van der Waals surface area contributed by atoms with Gasteiger partial charge in [-0.15, -0.1) is 0 Å². The van der Waals surface area contributed by atoms with Crippen LogP contribution < -0.4 is 4.72 Å². The number of sulfonamides is 1. The van der Waals surface area contributed by atoms with Gasteiger partial charge in [0.2, 0.25) is 10.0 Å². The molecule has 0 bridgehead atoms. The van der Waals surface area contributed by atoms with E-state index in [9.17, 15) is 12.8 Å². The molecular formula is C21H22FN3O2S. The summed E-state index contributed by atoms with van der Waals surface area (Å²) in [4.78, 5) is 0. The van der Waals surface area contributed by atoms with Crippen LogP contribution in [-0.4, -0.2) is 19.2 Å². The van der Waals surface area contributed by atoms with Crippen molar-refractivity contribution in [1.29, 1.82) is 5.26 Å². The molecule has 0 unspecified atom stereocenters. The molecule has 0 aliphatic heterocycles. The summed E-state index contributed by atoms with van der Waals surface area (Å²) in [5.74, 6) is -0.558. The molecule has 0 aliphatic carbocycles. The lowest BCUT2D eigenvalue weighted by atomic mass is 10.0. The van der Waals surface area contributed by atoms with Gasteiger partial charge < -0.3 is 4.57 Å². The van der Waals surface area contributed by atoms with Crippen molar-refractivity contribution in [2.75, 3.05) is 11.0 Å². The highest BCUT2D eigenvalue weighted by Crippen LogP contribution is 2.35. The maximum atomic E-state index is 14.2. The zero-order chi connectivity index (χ0) is 20.5. The lowest BCUT2D eigenvalue weighted by Crippen LogP contribution is -2.09. The number of benzene rings is 2. The van der Waals surface area contributed by atoms with Crippen molar-refractivity contribution in [2.45, 2.75) is 32.7 Å². The Kier molecular flexibility index (Phi) is 5.43. The maximum absolute atomic E-state index is 14.2. The Morgan fingerprint density at radius 1 is 1.25 bits per heavy atom. The molecule has 1 heterocycles. The second kappa shape index (κ2) is 7.64. The van der Waals surface area contributed by atoms with Gasteiger partial charge in [-0.25, -0.2) is 12.8 Å². The van der Waals surface area contributed by atoms with Gasteiger partial charge in [0.1, 0.15) is 11.9 Å². The first kappa shape index (κ1) is 19.9. The van der Waals surface area contributed by atoms with Gasteiger partial charge in [0, 0.05) is 23.2 Å². The van der Waals surface area contributed by atoms with Crippen LogP contribution in [0.1, 0.15) is 38.3 Å². The van der Waals surface area contributed by atoms with Crippen LogP contribution in [0, 0.1) is 17.1 Å². The highest BCUT2D eigenvalue weighted by Gasteiger charge is 2.16. The Hall–Kier alpha value is -2.85. The number of aromatic nitrogens is 1. The van der Waals surface area contributed by atoms with Crippen LogP contribution in [0.3, 0.4) is 0 Å². The molecule has 28 heavy (non-hydrogen) atoms. The average Bonchev–Trinajstić information content (AvgIpc) is 2.99. The first-order valence-electron chi connectivity index (χ1n) is 9.06. The van der Waals surface area contributed by atoms with E-state index in [4.69, 9.17) is 5.26 Å². The number of nitriles is 1. The van der Waals surface area contributed by atoms with Gasteiger partial charge >= 0.3 is 0 Å².